The summed E-state index contributed by atoms with van der Waals surface area (Å²) in [6.07, 6.45) is 2.43. The molecule has 0 saturated heterocycles. The molecule has 0 aliphatic heterocycles. The first kappa shape index (κ1) is 17.3. The lowest BCUT2D eigenvalue weighted by Gasteiger charge is -2.18. The minimum Gasteiger partial charge on any atom is -0.493 e. The number of hydrogen-bond acceptors (Lipinski definition) is 3. The highest BCUT2D eigenvalue weighted by Crippen LogP contribution is 2.36. The van der Waals surface area contributed by atoms with E-state index in [1.807, 2.05) is 6.07 Å². The number of methoxy groups -OCH3 is 2. The van der Waals surface area contributed by atoms with E-state index >= 15 is 0 Å². The third kappa shape index (κ3) is 4.98. The highest BCUT2D eigenvalue weighted by atomic mass is 79.9. The Morgan fingerprint density at radius 1 is 1.20 bits per heavy atom. The molecule has 0 saturated carbocycles. The van der Waals surface area contributed by atoms with Crippen molar-refractivity contribution in [1.29, 1.82) is 0 Å². The van der Waals surface area contributed by atoms with Crippen LogP contribution in [0.4, 0.5) is 0 Å². The molecular formula is C16H26BrNO2. The van der Waals surface area contributed by atoms with Crippen LogP contribution >= 0.6 is 15.9 Å². The largest absolute Gasteiger partial charge is 0.493 e. The van der Waals surface area contributed by atoms with Gasteiger partial charge in [0.1, 0.15) is 0 Å². The summed E-state index contributed by atoms with van der Waals surface area (Å²) in [5.74, 6) is 2.26. The van der Waals surface area contributed by atoms with Crippen molar-refractivity contribution in [2.75, 3.05) is 14.2 Å². The van der Waals surface area contributed by atoms with E-state index in [0.29, 0.717) is 6.04 Å². The van der Waals surface area contributed by atoms with E-state index in [0.717, 1.165) is 28.4 Å². The Balaban J connectivity index is 2.67. The van der Waals surface area contributed by atoms with Gasteiger partial charge in [-0.2, -0.15) is 0 Å². The van der Waals surface area contributed by atoms with Crippen molar-refractivity contribution >= 4 is 15.9 Å². The van der Waals surface area contributed by atoms with Crippen LogP contribution in [0, 0.1) is 5.92 Å². The second-order valence-electron chi connectivity index (χ2n) is 5.34. The molecule has 0 bridgehead atoms. The van der Waals surface area contributed by atoms with Gasteiger partial charge in [-0.3, -0.25) is 0 Å². The number of hydrogen-bond donors (Lipinski definition) is 1. The number of ether oxygens (including phenoxy) is 2. The molecular weight excluding hydrogens is 318 g/mol. The molecule has 20 heavy (non-hydrogen) atoms. The second-order valence-corrected chi connectivity index (χ2v) is 6.20. The molecule has 0 aromatic heterocycles. The van der Waals surface area contributed by atoms with Gasteiger partial charge in [0.05, 0.1) is 18.7 Å². The van der Waals surface area contributed by atoms with E-state index in [1.165, 1.54) is 18.4 Å². The van der Waals surface area contributed by atoms with Gasteiger partial charge in [-0.05, 0) is 52.9 Å². The topological polar surface area (TPSA) is 30.5 Å². The molecule has 1 rings (SSSR count). The first-order chi connectivity index (χ1) is 9.51. The minimum absolute atomic E-state index is 0.511. The van der Waals surface area contributed by atoms with Crippen LogP contribution in [0.25, 0.3) is 0 Å². The molecule has 1 aromatic carbocycles. The lowest BCUT2D eigenvalue weighted by molar-refractivity contribution is 0.352. The van der Waals surface area contributed by atoms with Crippen LogP contribution in [0.15, 0.2) is 16.6 Å². The van der Waals surface area contributed by atoms with Crippen LogP contribution in [0.3, 0.4) is 0 Å². The average Bonchev–Trinajstić information content (AvgIpc) is 2.44. The molecule has 0 aliphatic carbocycles. The van der Waals surface area contributed by atoms with Gasteiger partial charge in [-0.15, -0.1) is 0 Å². The van der Waals surface area contributed by atoms with Crippen molar-refractivity contribution in [2.24, 2.45) is 5.92 Å². The first-order valence-corrected chi connectivity index (χ1v) is 7.94. The fourth-order valence-electron chi connectivity index (χ4n) is 2.22. The van der Waals surface area contributed by atoms with Gasteiger partial charge in [0.2, 0.25) is 0 Å². The van der Waals surface area contributed by atoms with E-state index in [4.69, 9.17) is 9.47 Å². The highest BCUT2D eigenvalue weighted by Gasteiger charge is 2.11. The monoisotopic (exact) mass is 343 g/mol. The van der Waals surface area contributed by atoms with Crippen molar-refractivity contribution in [3.63, 3.8) is 0 Å². The van der Waals surface area contributed by atoms with Crippen molar-refractivity contribution in [2.45, 2.75) is 46.2 Å². The van der Waals surface area contributed by atoms with E-state index in [1.54, 1.807) is 14.2 Å². The number of benzene rings is 1. The van der Waals surface area contributed by atoms with Crippen molar-refractivity contribution < 1.29 is 9.47 Å². The fraction of sp³-hybridized carbons (Fsp3) is 0.625. The maximum atomic E-state index is 5.36. The number of nitrogens with one attached hydrogen (secondary N) is 1. The van der Waals surface area contributed by atoms with E-state index in [-0.39, 0.29) is 0 Å². The predicted octanol–water partition coefficient (Wildman–Crippen LogP) is 4.38. The van der Waals surface area contributed by atoms with Gasteiger partial charge < -0.3 is 14.8 Å². The van der Waals surface area contributed by atoms with E-state index in [9.17, 15) is 0 Å². The molecule has 0 spiro atoms. The molecule has 4 heteroatoms. The molecule has 1 N–H and O–H groups in total. The van der Waals surface area contributed by atoms with E-state index < -0.39 is 0 Å². The van der Waals surface area contributed by atoms with Gasteiger partial charge >= 0.3 is 0 Å². The number of rotatable bonds is 8. The Kier molecular flexibility index (Phi) is 7.38. The third-order valence-electron chi connectivity index (χ3n) is 3.60. The van der Waals surface area contributed by atoms with Crippen LogP contribution < -0.4 is 14.8 Å². The Morgan fingerprint density at radius 2 is 1.90 bits per heavy atom. The summed E-state index contributed by atoms with van der Waals surface area (Å²) < 4.78 is 11.6. The molecule has 0 fully saturated rings. The molecule has 0 aliphatic rings. The molecule has 114 valence electrons. The SMILES string of the molecule is CCC(C)CC(C)NCc1cc(Br)c(OC)c(OC)c1. The van der Waals surface area contributed by atoms with Crippen LogP contribution in [0.2, 0.25) is 0 Å². The summed E-state index contributed by atoms with van der Waals surface area (Å²) in [7, 11) is 3.31. The van der Waals surface area contributed by atoms with Crippen LogP contribution in [-0.2, 0) is 6.54 Å². The zero-order valence-corrected chi connectivity index (χ0v) is 14.7. The molecule has 1 aromatic rings. The molecule has 2 unspecified atom stereocenters. The third-order valence-corrected chi connectivity index (χ3v) is 4.19. The molecule has 0 amide bonds. The zero-order chi connectivity index (χ0) is 15.1. The lowest BCUT2D eigenvalue weighted by atomic mass is 10.0. The lowest BCUT2D eigenvalue weighted by Crippen LogP contribution is -2.27. The Hall–Kier alpha value is -0.740. The maximum Gasteiger partial charge on any atom is 0.174 e. The Labute approximate surface area is 131 Å². The standard InChI is InChI=1S/C16H26BrNO2/c1-6-11(2)7-12(3)18-10-13-8-14(17)16(20-5)15(9-13)19-4/h8-9,11-12,18H,6-7,10H2,1-5H3. The predicted molar refractivity (Wildman–Crippen MR) is 87.6 cm³/mol. The van der Waals surface area contributed by atoms with Crippen LogP contribution in [0.1, 0.15) is 39.2 Å². The summed E-state index contributed by atoms with van der Waals surface area (Å²) in [5.41, 5.74) is 1.19. The maximum absolute atomic E-state index is 5.36. The van der Waals surface area contributed by atoms with E-state index in [2.05, 4.69) is 48.1 Å². The smallest absolute Gasteiger partial charge is 0.174 e. The zero-order valence-electron chi connectivity index (χ0n) is 13.1. The average molecular weight is 344 g/mol. The summed E-state index contributed by atoms with van der Waals surface area (Å²) in [5, 5.41) is 3.56. The molecule has 2 atom stereocenters. The Bertz CT molecular complexity index is 423. The summed E-state index contributed by atoms with van der Waals surface area (Å²) in [6, 6.07) is 4.61. The van der Waals surface area contributed by atoms with Gasteiger partial charge in [0.15, 0.2) is 11.5 Å². The fourth-order valence-corrected chi connectivity index (χ4v) is 2.87. The van der Waals surface area contributed by atoms with Gasteiger partial charge in [-0.1, -0.05) is 20.3 Å². The normalized spacial score (nSPS) is 13.9. The highest BCUT2D eigenvalue weighted by molar-refractivity contribution is 9.10. The summed E-state index contributed by atoms with van der Waals surface area (Å²) in [6.45, 7) is 7.60. The summed E-state index contributed by atoms with van der Waals surface area (Å²) in [4.78, 5) is 0. The summed E-state index contributed by atoms with van der Waals surface area (Å²) >= 11 is 3.52. The molecule has 0 heterocycles. The van der Waals surface area contributed by atoms with Crippen molar-refractivity contribution in [1.82, 2.24) is 5.32 Å². The van der Waals surface area contributed by atoms with Gasteiger partial charge in [0.25, 0.3) is 0 Å². The van der Waals surface area contributed by atoms with Crippen LogP contribution in [-0.4, -0.2) is 20.3 Å². The minimum atomic E-state index is 0.511. The van der Waals surface area contributed by atoms with Gasteiger partial charge in [-0.25, -0.2) is 0 Å². The van der Waals surface area contributed by atoms with Gasteiger partial charge in [0, 0.05) is 12.6 Å². The second kappa shape index (κ2) is 8.53. The quantitative estimate of drug-likeness (QED) is 0.759. The molecule has 3 nitrogen and oxygen atoms in total. The molecule has 0 radical (unpaired) electrons. The van der Waals surface area contributed by atoms with Crippen LogP contribution in [0.5, 0.6) is 11.5 Å². The Morgan fingerprint density at radius 3 is 2.45 bits per heavy atom. The number of halogens is 1. The van der Waals surface area contributed by atoms with Crippen molar-refractivity contribution in [3.05, 3.63) is 22.2 Å². The first-order valence-electron chi connectivity index (χ1n) is 7.15. The van der Waals surface area contributed by atoms with Crippen molar-refractivity contribution in [3.8, 4) is 11.5 Å².